The van der Waals surface area contributed by atoms with Crippen LogP contribution in [0.25, 0.3) is 0 Å². The van der Waals surface area contributed by atoms with Crippen LogP contribution in [0.1, 0.15) is 25.1 Å². The number of fused-ring (bicyclic) bond motifs is 1. The van der Waals surface area contributed by atoms with E-state index in [-0.39, 0.29) is 30.3 Å². The van der Waals surface area contributed by atoms with E-state index in [0.717, 1.165) is 4.57 Å². The number of anilines is 1. The summed E-state index contributed by atoms with van der Waals surface area (Å²) >= 11 is 0. The van der Waals surface area contributed by atoms with Gasteiger partial charge in [0.2, 0.25) is 0 Å². The molecule has 2 aliphatic rings. The SMILES string of the molecule is CC(O)C[C@@H](O)n1cc(C#CCOC(=O)C(N)C2C3C(CN)C23)c(N)nc1=O. The lowest BCUT2D eigenvalue weighted by Gasteiger charge is -2.16. The number of ether oxygens (including phenoxy) is 1. The van der Waals surface area contributed by atoms with Gasteiger partial charge in [-0.15, -0.1) is 0 Å². The highest BCUT2D eigenvalue weighted by molar-refractivity contribution is 5.77. The van der Waals surface area contributed by atoms with Gasteiger partial charge in [0, 0.05) is 12.6 Å². The molecule has 1 aromatic rings. The molecule has 28 heavy (non-hydrogen) atoms. The number of aliphatic hydroxyl groups is 2. The Bertz CT molecular complexity index is 863. The van der Waals surface area contributed by atoms with Crippen molar-refractivity contribution in [2.45, 2.75) is 31.7 Å². The topological polar surface area (TPSA) is 180 Å². The highest BCUT2D eigenvalue weighted by Crippen LogP contribution is 2.73. The predicted molar refractivity (Wildman–Crippen MR) is 99.3 cm³/mol. The van der Waals surface area contributed by atoms with E-state index in [2.05, 4.69) is 16.8 Å². The molecular weight excluding hydrogens is 366 g/mol. The van der Waals surface area contributed by atoms with Crippen LogP contribution in [0.15, 0.2) is 11.0 Å². The molecule has 10 nitrogen and oxygen atoms in total. The molecule has 3 rings (SSSR count). The molecule has 152 valence electrons. The number of carbonyl (C=O) groups excluding carboxylic acids is 1. The van der Waals surface area contributed by atoms with Crippen LogP contribution in [-0.2, 0) is 9.53 Å². The van der Waals surface area contributed by atoms with E-state index in [0.29, 0.717) is 24.3 Å². The number of nitrogens with zero attached hydrogens (tertiary/aromatic N) is 2. The summed E-state index contributed by atoms with van der Waals surface area (Å²) < 4.78 is 6.01. The van der Waals surface area contributed by atoms with Gasteiger partial charge in [-0.05, 0) is 37.1 Å². The van der Waals surface area contributed by atoms with Crippen molar-refractivity contribution >= 4 is 11.8 Å². The molecule has 8 N–H and O–H groups in total. The fourth-order valence-corrected chi connectivity index (χ4v) is 3.73. The Morgan fingerprint density at radius 1 is 1.43 bits per heavy atom. The molecule has 0 bridgehead atoms. The summed E-state index contributed by atoms with van der Waals surface area (Å²) in [6.45, 7) is 1.92. The fraction of sp³-hybridized carbons (Fsp3) is 0.611. The molecule has 10 heteroatoms. The molecule has 0 aliphatic heterocycles. The first-order valence-electron chi connectivity index (χ1n) is 9.12. The van der Waals surface area contributed by atoms with Crippen molar-refractivity contribution in [2.75, 3.05) is 18.9 Å². The second-order valence-corrected chi connectivity index (χ2v) is 7.36. The van der Waals surface area contributed by atoms with E-state index in [1.54, 1.807) is 0 Å². The number of rotatable bonds is 7. The zero-order chi connectivity index (χ0) is 20.6. The maximum absolute atomic E-state index is 12.0. The van der Waals surface area contributed by atoms with Gasteiger partial charge in [0.05, 0.1) is 11.7 Å². The van der Waals surface area contributed by atoms with Gasteiger partial charge < -0.3 is 32.2 Å². The third-order valence-corrected chi connectivity index (χ3v) is 5.36. The van der Waals surface area contributed by atoms with Crippen molar-refractivity contribution in [1.29, 1.82) is 0 Å². The molecule has 5 atom stereocenters. The third-order valence-electron chi connectivity index (χ3n) is 5.36. The minimum atomic E-state index is -1.26. The zero-order valence-electron chi connectivity index (χ0n) is 15.5. The Morgan fingerprint density at radius 3 is 2.71 bits per heavy atom. The Morgan fingerprint density at radius 2 is 2.11 bits per heavy atom. The molecule has 2 aliphatic carbocycles. The van der Waals surface area contributed by atoms with Crippen LogP contribution < -0.4 is 22.9 Å². The molecular formula is C18H25N5O5. The summed E-state index contributed by atoms with van der Waals surface area (Å²) in [4.78, 5) is 27.4. The Balaban J connectivity index is 1.56. The molecule has 0 radical (unpaired) electrons. The predicted octanol–water partition coefficient (Wildman–Crippen LogP) is -2.24. The van der Waals surface area contributed by atoms with Crippen LogP contribution in [0.5, 0.6) is 0 Å². The molecule has 0 aromatic carbocycles. The van der Waals surface area contributed by atoms with Crippen LogP contribution in [0.4, 0.5) is 5.82 Å². The van der Waals surface area contributed by atoms with E-state index < -0.39 is 30.0 Å². The number of hydrogen-bond donors (Lipinski definition) is 5. The monoisotopic (exact) mass is 391 g/mol. The van der Waals surface area contributed by atoms with Crippen LogP contribution in [-0.4, -0.2) is 51.0 Å². The van der Waals surface area contributed by atoms with Gasteiger partial charge in [0.1, 0.15) is 18.1 Å². The number of hydrogen-bond acceptors (Lipinski definition) is 9. The number of nitrogen functional groups attached to an aromatic ring is 1. The van der Waals surface area contributed by atoms with Crippen molar-refractivity contribution in [3.63, 3.8) is 0 Å². The van der Waals surface area contributed by atoms with Gasteiger partial charge in [0.15, 0.2) is 6.61 Å². The molecule has 0 amide bonds. The lowest BCUT2D eigenvalue weighted by atomic mass is 9.98. The smallest absolute Gasteiger partial charge is 0.351 e. The molecule has 0 spiro atoms. The van der Waals surface area contributed by atoms with Crippen molar-refractivity contribution in [2.24, 2.45) is 35.1 Å². The molecule has 1 heterocycles. The van der Waals surface area contributed by atoms with Crippen LogP contribution in [0.2, 0.25) is 0 Å². The first kappa shape index (κ1) is 20.3. The average molecular weight is 391 g/mol. The molecule has 4 unspecified atom stereocenters. The van der Waals surface area contributed by atoms with E-state index >= 15 is 0 Å². The van der Waals surface area contributed by atoms with Gasteiger partial charge in [0.25, 0.3) is 0 Å². The number of aliphatic hydroxyl groups excluding tert-OH is 2. The van der Waals surface area contributed by atoms with Gasteiger partial charge in [-0.1, -0.05) is 11.8 Å². The first-order valence-corrected chi connectivity index (χ1v) is 9.12. The summed E-state index contributed by atoms with van der Waals surface area (Å²) in [5, 5.41) is 19.3. The second-order valence-electron chi connectivity index (χ2n) is 7.36. The molecule has 2 saturated carbocycles. The number of esters is 1. The van der Waals surface area contributed by atoms with E-state index in [1.165, 1.54) is 13.1 Å². The number of carbonyl (C=O) groups is 1. The summed E-state index contributed by atoms with van der Waals surface area (Å²) in [7, 11) is 0. The van der Waals surface area contributed by atoms with E-state index in [4.69, 9.17) is 21.9 Å². The highest BCUT2D eigenvalue weighted by atomic mass is 16.5. The lowest BCUT2D eigenvalue weighted by molar-refractivity contribution is -0.144. The highest BCUT2D eigenvalue weighted by Gasteiger charge is 2.74. The van der Waals surface area contributed by atoms with E-state index in [9.17, 15) is 19.8 Å². The normalized spacial score (nSPS) is 27.6. The number of aromatic nitrogens is 2. The van der Waals surface area contributed by atoms with Crippen LogP contribution >= 0.6 is 0 Å². The fourth-order valence-electron chi connectivity index (χ4n) is 3.73. The Labute approximate surface area is 161 Å². The quantitative estimate of drug-likeness (QED) is 0.254. The number of nitrogens with two attached hydrogens (primary N) is 3. The lowest BCUT2D eigenvalue weighted by Crippen LogP contribution is -2.38. The van der Waals surface area contributed by atoms with Gasteiger partial charge >= 0.3 is 11.7 Å². The summed E-state index contributed by atoms with van der Waals surface area (Å²) in [5.74, 6) is 6.24. The van der Waals surface area contributed by atoms with Crippen molar-refractivity contribution < 1.29 is 19.7 Å². The van der Waals surface area contributed by atoms with Gasteiger partial charge in [-0.2, -0.15) is 4.98 Å². The Hall–Kier alpha value is -2.45. The van der Waals surface area contributed by atoms with Crippen molar-refractivity contribution in [3.8, 4) is 11.8 Å². The maximum Gasteiger partial charge on any atom is 0.351 e. The minimum Gasteiger partial charge on any atom is -0.451 e. The van der Waals surface area contributed by atoms with Crippen LogP contribution in [0, 0.1) is 35.5 Å². The minimum absolute atomic E-state index is 0.0535. The zero-order valence-corrected chi connectivity index (χ0v) is 15.5. The first-order chi connectivity index (χ1) is 13.3. The summed E-state index contributed by atoms with van der Waals surface area (Å²) in [6.07, 6.45) is -0.875. The standard InChI is InChI=1S/C18H25N5O5/c1-8(24)5-11(25)23-7-9(16(21)22-18(23)27)3-2-4-28-17(26)15(20)14-12-10(6-19)13(12)14/h7-8,10-15,24-25H,4-6,19-20H2,1H3,(H2,21,22,27)/t8?,10?,11-,12?,13?,14?,15?/m1/s1. The molecule has 2 fully saturated rings. The molecule has 0 saturated heterocycles. The maximum atomic E-state index is 12.0. The van der Waals surface area contributed by atoms with Crippen molar-refractivity contribution in [1.82, 2.24) is 9.55 Å². The van der Waals surface area contributed by atoms with Crippen molar-refractivity contribution in [3.05, 3.63) is 22.2 Å². The van der Waals surface area contributed by atoms with Crippen LogP contribution in [0.3, 0.4) is 0 Å². The largest absolute Gasteiger partial charge is 0.451 e. The molecule has 1 aromatic heterocycles. The van der Waals surface area contributed by atoms with Gasteiger partial charge in [-0.25, -0.2) is 4.79 Å². The summed E-state index contributed by atoms with van der Waals surface area (Å²) in [5.41, 5.74) is 16.6. The average Bonchev–Trinajstić information content (AvgIpc) is 3.51. The Kier molecular flexibility index (Phi) is 5.71. The summed E-state index contributed by atoms with van der Waals surface area (Å²) in [6, 6.07) is -0.663. The van der Waals surface area contributed by atoms with Gasteiger partial charge in [-0.3, -0.25) is 9.36 Å². The van der Waals surface area contributed by atoms with E-state index in [1.807, 2.05) is 0 Å². The third kappa shape index (κ3) is 4.02. The second kappa shape index (κ2) is 7.89.